The third-order valence-electron chi connectivity index (χ3n) is 4.93. The first-order valence-electron chi connectivity index (χ1n) is 10.3. The molecule has 0 aromatic heterocycles. The third kappa shape index (κ3) is 7.12. The smallest absolute Gasteiger partial charge is 0.240 e. The predicted molar refractivity (Wildman–Crippen MR) is 129 cm³/mol. The minimum Gasteiger partial charge on any atom is -0.394 e. The average Bonchev–Trinajstić information content (AvgIpc) is 2.82. The second-order valence-electron chi connectivity index (χ2n) is 7.44. The van der Waals surface area contributed by atoms with Crippen molar-refractivity contribution in [2.75, 3.05) is 18.5 Å². The van der Waals surface area contributed by atoms with Gasteiger partial charge in [0.25, 0.3) is 0 Å². The van der Waals surface area contributed by atoms with Crippen LogP contribution in [0.3, 0.4) is 0 Å². The Bertz CT molecular complexity index is 1190. The molecule has 3 aromatic carbocycles. The number of Topliss-reactive ketones (excluding diaryl/α,β-unsaturated/α-hetero) is 1. The van der Waals surface area contributed by atoms with E-state index in [2.05, 4.69) is 10.0 Å². The van der Waals surface area contributed by atoms with Crippen molar-refractivity contribution in [3.05, 3.63) is 88.9 Å². The zero-order valence-electron chi connectivity index (χ0n) is 17.7. The van der Waals surface area contributed by atoms with Crippen LogP contribution in [0.15, 0.2) is 77.7 Å². The summed E-state index contributed by atoms with van der Waals surface area (Å²) in [6.45, 7) is -0.818. The van der Waals surface area contributed by atoms with E-state index in [1.54, 1.807) is 30.3 Å². The van der Waals surface area contributed by atoms with Gasteiger partial charge in [0.2, 0.25) is 10.0 Å². The van der Waals surface area contributed by atoms with Gasteiger partial charge in [-0.2, -0.15) is 0 Å². The van der Waals surface area contributed by atoms with E-state index in [9.17, 15) is 18.3 Å². The molecule has 3 rings (SSSR count). The fraction of sp³-hybridized carbons (Fsp3) is 0.208. The van der Waals surface area contributed by atoms with Crippen LogP contribution >= 0.6 is 11.6 Å². The van der Waals surface area contributed by atoms with Gasteiger partial charge in [0.15, 0.2) is 5.78 Å². The van der Waals surface area contributed by atoms with Crippen LogP contribution in [0.2, 0.25) is 5.02 Å². The highest BCUT2D eigenvalue weighted by molar-refractivity contribution is 7.89. The molecule has 0 bridgehead atoms. The molecule has 174 valence electrons. The average molecular weight is 489 g/mol. The van der Waals surface area contributed by atoms with Crippen molar-refractivity contribution in [1.82, 2.24) is 4.72 Å². The first-order chi connectivity index (χ1) is 15.8. The maximum absolute atomic E-state index is 12.9. The van der Waals surface area contributed by atoms with Crippen molar-refractivity contribution in [2.45, 2.75) is 23.8 Å². The number of ketones is 1. The van der Waals surface area contributed by atoms with Crippen LogP contribution in [-0.2, 0) is 16.4 Å². The number of hydrogen-bond acceptors (Lipinski definition) is 6. The summed E-state index contributed by atoms with van der Waals surface area (Å²) in [5.74, 6) is -0.0681. The van der Waals surface area contributed by atoms with Crippen molar-refractivity contribution < 1.29 is 23.4 Å². The lowest BCUT2D eigenvalue weighted by atomic mass is 10.0. The maximum Gasteiger partial charge on any atom is 0.240 e. The summed E-state index contributed by atoms with van der Waals surface area (Å²) in [5, 5.41) is 21.9. The van der Waals surface area contributed by atoms with Crippen LogP contribution in [0, 0.1) is 0 Å². The Kier molecular flexibility index (Phi) is 8.60. The van der Waals surface area contributed by atoms with Gasteiger partial charge >= 0.3 is 0 Å². The molecule has 0 spiro atoms. The molecule has 0 heterocycles. The van der Waals surface area contributed by atoms with Crippen molar-refractivity contribution >= 4 is 38.8 Å². The highest BCUT2D eigenvalue weighted by Crippen LogP contribution is 2.26. The highest BCUT2D eigenvalue weighted by Gasteiger charge is 2.16. The summed E-state index contributed by atoms with van der Waals surface area (Å²) in [6, 6.07) is 20.7. The molecule has 0 aliphatic heterocycles. The number of rotatable bonds is 11. The summed E-state index contributed by atoms with van der Waals surface area (Å²) in [4.78, 5) is 12.9. The summed E-state index contributed by atoms with van der Waals surface area (Å²) < 4.78 is 26.7. The number of anilines is 2. The van der Waals surface area contributed by atoms with Gasteiger partial charge in [-0.25, -0.2) is 13.1 Å². The van der Waals surface area contributed by atoms with E-state index in [0.717, 1.165) is 11.3 Å². The molecule has 33 heavy (non-hydrogen) atoms. The molecular formula is C24H25ClN2O5S. The molecule has 0 radical (unpaired) electrons. The zero-order chi connectivity index (χ0) is 23.8. The predicted octanol–water partition coefficient (Wildman–Crippen LogP) is 3.53. The number of carbonyl (C=O) groups excluding carboxylic acids is 1. The van der Waals surface area contributed by atoms with Crippen LogP contribution in [0.4, 0.5) is 11.4 Å². The van der Waals surface area contributed by atoms with Crippen molar-refractivity contribution in [1.29, 1.82) is 0 Å². The molecule has 4 N–H and O–H groups in total. The Morgan fingerprint density at radius 2 is 1.70 bits per heavy atom. The van der Waals surface area contributed by atoms with Gasteiger partial charge in [0, 0.05) is 29.2 Å². The first-order valence-corrected chi connectivity index (χ1v) is 12.2. The number of aliphatic hydroxyl groups is 2. The Balaban J connectivity index is 1.65. The highest BCUT2D eigenvalue weighted by atomic mass is 35.5. The summed E-state index contributed by atoms with van der Waals surface area (Å²) in [7, 11) is -3.80. The minimum atomic E-state index is -3.80. The van der Waals surface area contributed by atoms with Gasteiger partial charge in [0.1, 0.15) is 0 Å². The van der Waals surface area contributed by atoms with Crippen LogP contribution in [0.25, 0.3) is 0 Å². The van der Waals surface area contributed by atoms with E-state index in [4.69, 9.17) is 16.7 Å². The monoisotopic (exact) mass is 488 g/mol. The SMILES string of the molecule is O=C(CCc1ccc(S(=O)(=O)NCC(O)CO)cc1)c1ccc(Cl)cc1Nc1ccccc1. The number of nitrogens with one attached hydrogen (secondary N) is 2. The number of aryl methyl sites for hydroxylation is 1. The molecule has 7 nitrogen and oxygen atoms in total. The molecule has 1 atom stereocenters. The number of hydrogen-bond donors (Lipinski definition) is 4. The first kappa shape index (κ1) is 24.9. The van der Waals surface area contributed by atoms with Crippen LogP contribution in [0.1, 0.15) is 22.3 Å². The number of benzene rings is 3. The molecule has 0 aliphatic rings. The second kappa shape index (κ2) is 11.4. The van der Waals surface area contributed by atoms with E-state index in [-0.39, 0.29) is 23.6 Å². The number of para-hydroxylation sites is 1. The lowest BCUT2D eigenvalue weighted by Crippen LogP contribution is -2.33. The Morgan fingerprint density at radius 3 is 2.36 bits per heavy atom. The van der Waals surface area contributed by atoms with Gasteiger partial charge in [-0.1, -0.05) is 41.9 Å². The Morgan fingerprint density at radius 1 is 1.00 bits per heavy atom. The number of aliphatic hydroxyl groups excluding tert-OH is 2. The summed E-state index contributed by atoms with van der Waals surface area (Å²) in [6.07, 6.45) is -0.499. The molecule has 0 saturated heterocycles. The van der Waals surface area contributed by atoms with E-state index in [1.165, 1.54) is 12.1 Å². The largest absolute Gasteiger partial charge is 0.394 e. The number of carbonyl (C=O) groups is 1. The van der Waals surface area contributed by atoms with E-state index in [0.29, 0.717) is 22.7 Å². The topological polar surface area (TPSA) is 116 Å². The fourth-order valence-electron chi connectivity index (χ4n) is 3.12. The fourth-order valence-corrected chi connectivity index (χ4v) is 4.37. The summed E-state index contributed by atoms with van der Waals surface area (Å²) >= 11 is 6.13. The Labute approximate surface area is 198 Å². The molecule has 0 fully saturated rings. The molecular weight excluding hydrogens is 464 g/mol. The van der Waals surface area contributed by atoms with Gasteiger partial charge in [-0.3, -0.25) is 4.79 Å². The van der Waals surface area contributed by atoms with Crippen molar-refractivity contribution in [2.24, 2.45) is 0 Å². The van der Waals surface area contributed by atoms with Gasteiger partial charge in [-0.15, -0.1) is 0 Å². The van der Waals surface area contributed by atoms with Gasteiger partial charge < -0.3 is 15.5 Å². The molecule has 0 saturated carbocycles. The lowest BCUT2D eigenvalue weighted by Gasteiger charge is -2.12. The molecule has 1 unspecified atom stereocenters. The minimum absolute atomic E-state index is 0.0368. The van der Waals surface area contributed by atoms with Crippen molar-refractivity contribution in [3.63, 3.8) is 0 Å². The molecule has 0 aliphatic carbocycles. The molecule has 9 heteroatoms. The number of sulfonamides is 1. The zero-order valence-corrected chi connectivity index (χ0v) is 19.3. The Hall–Kier alpha value is -2.75. The maximum atomic E-state index is 12.9. The van der Waals surface area contributed by atoms with Crippen LogP contribution in [-0.4, -0.2) is 43.7 Å². The van der Waals surface area contributed by atoms with Gasteiger partial charge in [0.05, 0.1) is 23.3 Å². The summed E-state index contributed by atoms with van der Waals surface area (Å²) in [5.41, 5.74) is 2.79. The lowest BCUT2D eigenvalue weighted by molar-refractivity contribution is 0.0983. The van der Waals surface area contributed by atoms with Crippen LogP contribution < -0.4 is 10.0 Å². The normalized spacial score (nSPS) is 12.3. The van der Waals surface area contributed by atoms with E-state index < -0.39 is 22.7 Å². The quantitative estimate of drug-likeness (QED) is 0.307. The second-order valence-corrected chi connectivity index (χ2v) is 9.64. The molecule has 3 aromatic rings. The van der Waals surface area contributed by atoms with Gasteiger partial charge in [-0.05, 0) is 54.4 Å². The van der Waals surface area contributed by atoms with Crippen LogP contribution in [0.5, 0.6) is 0 Å². The standard InChI is InChI=1S/C24H25ClN2O5S/c25-18-9-12-22(23(14-18)27-19-4-2-1-3-5-19)24(30)13-8-17-6-10-21(11-7-17)33(31,32)26-15-20(29)16-28/h1-7,9-12,14,20,26-29H,8,13,15-16H2. The van der Waals surface area contributed by atoms with E-state index in [1.807, 2.05) is 30.3 Å². The van der Waals surface area contributed by atoms with E-state index >= 15 is 0 Å². The number of halogens is 1. The molecule has 0 amide bonds. The van der Waals surface area contributed by atoms with Crippen molar-refractivity contribution in [3.8, 4) is 0 Å². The third-order valence-corrected chi connectivity index (χ3v) is 6.60.